The van der Waals surface area contributed by atoms with Gasteiger partial charge in [0.05, 0.1) is 25.4 Å². The van der Waals surface area contributed by atoms with Gasteiger partial charge in [0, 0.05) is 6.42 Å². The largest absolute Gasteiger partial charge is 0.454 e. The number of allylic oxidation sites excluding steroid dienone is 21. The van der Waals surface area contributed by atoms with Crippen molar-refractivity contribution in [2.45, 2.75) is 359 Å². The first-order valence-corrected chi connectivity index (χ1v) is 38.0. The lowest BCUT2D eigenvalue weighted by Crippen LogP contribution is -2.61. The maximum atomic E-state index is 13.5. The van der Waals surface area contributed by atoms with Crippen molar-refractivity contribution in [3.63, 3.8) is 0 Å². The molecule has 0 spiro atoms. The van der Waals surface area contributed by atoms with E-state index in [1.54, 1.807) is 6.08 Å². The molecular formula is C82H139NO10. The first-order valence-electron chi connectivity index (χ1n) is 38.0. The molecule has 6 N–H and O–H groups in total. The van der Waals surface area contributed by atoms with Crippen LogP contribution in [0, 0.1) is 0 Å². The number of carbonyl (C=O) groups is 2. The summed E-state index contributed by atoms with van der Waals surface area (Å²) in [6.45, 7) is 5.58. The number of unbranched alkanes of at least 4 members (excludes halogenated alkanes) is 30. The normalized spacial score (nSPS) is 18.6. The molecule has 0 aromatic rings. The number of rotatable bonds is 64. The average Bonchev–Trinajstić information content (AvgIpc) is 0.842. The molecule has 532 valence electrons. The van der Waals surface area contributed by atoms with Crippen LogP contribution in [0.15, 0.2) is 134 Å². The van der Waals surface area contributed by atoms with Crippen LogP contribution in [-0.4, -0.2) is 99.6 Å². The highest BCUT2D eigenvalue weighted by Gasteiger charge is 2.47. The molecule has 0 aliphatic carbocycles. The number of hydrogen-bond acceptors (Lipinski definition) is 10. The molecule has 93 heavy (non-hydrogen) atoms. The standard InChI is InChI=1S/C82H139NO10/c1-4-7-10-13-16-19-22-24-26-28-30-32-34-36-38-40-42-44-46-48-50-52-55-58-61-64-67-70-77(87)93-80-79(89)78(88)76(71-84)92-82(80)91-72-73(74(85)68-65-62-59-56-53-21-18-15-12-9-6-3)83-81(90)75(86)69-66-63-60-57-54-51-49-47-45-43-41-39-37-35-33-31-29-27-25-23-20-17-14-11-8-5-2/h7-8,10-11,16-17,19-20,24-27,30-33,36-39,65,68,73-76,78-80,82,84-86,88-89H,4-6,9,12-15,18,21-23,28-29,34-35,40-64,66-67,69-72H2,1-3H3,(H,83,90)/b10-7-,11-8-,19-16-,20-17-,26-24-,27-25-,32-30-,33-31-,38-36-,39-37-,68-65+. The number of aliphatic hydroxyl groups is 5. The Hall–Kier alpha value is -4.20. The fourth-order valence-corrected chi connectivity index (χ4v) is 11.2. The monoisotopic (exact) mass is 1300 g/mol. The summed E-state index contributed by atoms with van der Waals surface area (Å²) in [5, 5.41) is 57.3. The highest BCUT2D eigenvalue weighted by Crippen LogP contribution is 2.26. The van der Waals surface area contributed by atoms with Gasteiger partial charge in [-0.3, -0.25) is 9.59 Å². The molecule has 11 heteroatoms. The van der Waals surface area contributed by atoms with Gasteiger partial charge in [0.25, 0.3) is 0 Å². The van der Waals surface area contributed by atoms with E-state index in [2.05, 4.69) is 148 Å². The van der Waals surface area contributed by atoms with Crippen molar-refractivity contribution in [1.82, 2.24) is 5.32 Å². The first-order chi connectivity index (χ1) is 45.7. The summed E-state index contributed by atoms with van der Waals surface area (Å²) >= 11 is 0. The molecule has 1 saturated heterocycles. The van der Waals surface area contributed by atoms with E-state index in [4.69, 9.17) is 14.2 Å². The summed E-state index contributed by atoms with van der Waals surface area (Å²) in [5.74, 6) is -1.20. The van der Waals surface area contributed by atoms with Crippen molar-refractivity contribution in [2.24, 2.45) is 0 Å². The van der Waals surface area contributed by atoms with Gasteiger partial charge in [0.2, 0.25) is 5.91 Å². The Bertz CT molecular complexity index is 2030. The quantitative estimate of drug-likeness (QED) is 0.0195. The Morgan fingerprint density at radius 3 is 1.16 bits per heavy atom. The number of amides is 1. The van der Waals surface area contributed by atoms with E-state index in [1.165, 1.54) is 128 Å². The summed E-state index contributed by atoms with van der Waals surface area (Å²) < 4.78 is 17.7. The second-order valence-electron chi connectivity index (χ2n) is 25.6. The van der Waals surface area contributed by atoms with E-state index >= 15 is 0 Å². The highest BCUT2D eigenvalue weighted by atomic mass is 16.7. The molecule has 0 bridgehead atoms. The molecule has 1 aliphatic heterocycles. The van der Waals surface area contributed by atoms with Crippen LogP contribution in [0.1, 0.15) is 310 Å². The molecule has 1 amide bonds. The van der Waals surface area contributed by atoms with Crippen LogP contribution in [0.5, 0.6) is 0 Å². The number of nitrogens with one attached hydrogen (secondary N) is 1. The molecule has 8 unspecified atom stereocenters. The second-order valence-corrected chi connectivity index (χ2v) is 25.6. The van der Waals surface area contributed by atoms with Crippen molar-refractivity contribution >= 4 is 11.9 Å². The van der Waals surface area contributed by atoms with Crippen molar-refractivity contribution in [2.75, 3.05) is 13.2 Å². The Morgan fingerprint density at radius 1 is 0.430 bits per heavy atom. The van der Waals surface area contributed by atoms with Crippen LogP contribution in [0.4, 0.5) is 0 Å². The van der Waals surface area contributed by atoms with Gasteiger partial charge in [0.1, 0.15) is 24.4 Å². The topological polar surface area (TPSA) is 175 Å². The minimum atomic E-state index is -1.62. The maximum absolute atomic E-state index is 13.5. The van der Waals surface area contributed by atoms with E-state index < -0.39 is 67.4 Å². The van der Waals surface area contributed by atoms with Crippen molar-refractivity contribution < 1.29 is 49.3 Å². The van der Waals surface area contributed by atoms with Crippen molar-refractivity contribution in [1.29, 1.82) is 0 Å². The molecule has 0 aromatic heterocycles. The molecule has 8 atom stereocenters. The second kappa shape index (κ2) is 67.8. The predicted octanol–water partition coefficient (Wildman–Crippen LogP) is 20.3. The van der Waals surface area contributed by atoms with Crippen LogP contribution in [0.25, 0.3) is 0 Å². The summed E-state index contributed by atoms with van der Waals surface area (Å²) in [6, 6.07) is -1.04. The third-order valence-corrected chi connectivity index (χ3v) is 17.0. The van der Waals surface area contributed by atoms with E-state index in [-0.39, 0.29) is 19.4 Å². The third-order valence-electron chi connectivity index (χ3n) is 17.0. The van der Waals surface area contributed by atoms with Gasteiger partial charge >= 0.3 is 5.97 Å². The summed E-state index contributed by atoms with van der Waals surface area (Å²) in [4.78, 5) is 26.7. The molecule has 1 rings (SSSR count). The van der Waals surface area contributed by atoms with Gasteiger partial charge in [0.15, 0.2) is 12.4 Å². The Morgan fingerprint density at radius 2 is 0.774 bits per heavy atom. The Balaban J connectivity index is 2.51. The smallest absolute Gasteiger partial charge is 0.306 e. The predicted molar refractivity (Wildman–Crippen MR) is 393 cm³/mol. The summed E-state index contributed by atoms with van der Waals surface area (Å²) in [5.41, 5.74) is 0. The lowest BCUT2D eigenvalue weighted by Gasteiger charge is -2.41. The maximum Gasteiger partial charge on any atom is 0.306 e. The van der Waals surface area contributed by atoms with Gasteiger partial charge in [-0.1, -0.05) is 321 Å². The average molecular weight is 1300 g/mol. The molecule has 11 nitrogen and oxygen atoms in total. The number of aliphatic hydroxyl groups excluding tert-OH is 5. The Kier molecular flexibility index (Phi) is 63.3. The van der Waals surface area contributed by atoms with Crippen LogP contribution < -0.4 is 5.32 Å². The van der Waals surface area contributed by atoms with E-state index in [9.17, 15) is 35.1 Å². The first kappa shape index (κ1) is 86.8. The van der Waals surface area contributed by atoms with E-state index in [0.29, 0.717) is 12.8 Å². The fraction of sp³-hybridized carbons (Fsp3) is 0.707. The van der Waals surface area contributed by atoms with E-state index in [0.717, 1.165) is 135 Å². The molecule has 1 aliphatic rings. The lowest BCUT2D eigenvalue weighted by molar-refractivity contribution is -0.305. The van der Waals surface area contributed by atoms with Gasteiger partial charge in [-0.2, -0.15) is 0 Å². The van der Waals surface area contributed by atoms with Crippen LogP contribution >= 0.6 is 0 Å². The van der Waals surface area contributed by atoms with Gasteiger partial charge in [-0.15, -0.1) is 0 Å². The van der Waals surface area contributed by atoms with Crippen molar-refractivity contribution in [3.05, 3.63) is 134 Å². The number of carbonyl (C=O) groups excluding carboxylic acids is 2. The number of ether oxygens (including phenoxy) is 3. The van der Waals surface area contributed by atoms with Crippen molar-refractivity contribution in [3.8, 4) is 0 Å². The van der Waals surface area contributed by atoms with Crippen LogP contribution in [0.2, 0.25) is 0 Å². The molecule has 0 radical (unpaired) electrons. The minimum absolute atomic E-state index is 0.113. The molecule has 1 fully saturated rings. The zero-order valence-electron chi connectivity index (χ0n) is 59.3. The summed E-state index contributed by atoms with van der Waals surface area (Å²) in [7, 11) is 0. The van der Waals surface area contributed by atoms with Crippen LogP contribution in [0.3, 0.4) is 0 Å². The molecule has 1 heterocycles. The third kappa shape index (κ3) is 54.6. The number of esters is 1. The van der Waals surface area contributed by atoms with Gasteiger partial charge in [-0.25, -0.2) is 0 Å². The fourth-order valence-electron chi connectivity index (χ4n) is 11.2. The Labute approximate surface area is 569 Å². The number of hydrogen-bond donors (Lipinski definition) is 6. The lowest BCUT2D eigenvalue weighted by atomic mass is 9.99. The molecule has 0 aromatic carbocycles. The molecule has 0 saturated carbocycles. The zero-order chi connectivity index (χ0) is 67.4. The molecular weight excluding hydrogens is 1160 g/mol. The van der Waals surface area contributed by atoms with Gasteiger partial charge < -0.3 is 45.1 Å². The SMILES string of the molecule is CC/C=C\C/C=C\C/C=C\C/C=C\C/C=C\CCCCCCCCCCCCCC(=O)OC1C(OCC(NC(=O)C(O)CCCCCCCCCCCC/C=C\C/C=C\C/C=C\C/C=C\C/C=C\CC)C(O)/C=C/CCCCCCCCCCC)OC(CO)C(O)C1O. The van der Waals surface area contributed by atoms with Crippen LogP contribution in [-0.2, 0) is 23.8 Å². The summed E-state index contributed by atoms with van der Waals surface area (Å²) in [6.07, 6.45) is 86.4. The van der Waals surface area contributed by atoms with E-state index in [1.807, 2.05) is 6.08 Å². The highest BCUT2D eigenvalue weighted by molar-refractivity contribution is 5.80. The zero-order valence-corrected chi connectivity index (χ0v) is 59.3. The minimum Gasteiger partial charge on any atom is -0.454 e. The van der Waals surface area contributed by atoms with Gasteiger partial charge in [-0.05, 0) is 116 Å².